The van der Waals surface area contributed by atoms with Crippen LogP contribution in [0.3, 0.4) is 0 Å². The van der Waals surface area contributed by atoms with Crippen molar-refractivity contribution in [2.45, 2.75) is 51.5 Å². The molecule has 5 heteroatoms. The molecule has 3 rings (SSSR count). The van der Waals surface area contributed by atoms with Gasteiger partial charge in [-0.25, -0.2) is 0 Å². The van der Waals surface area contributed by atoms with Crippen molar-refractivity contribution in [1.29, 1.82) is 0 Å². The van der Waals surface area contributed by atoms with Crippen molar-refractivity contribution in [3.05, 3.63) is 54.2 Å². The van der Waals surface area contributed by atoms with Gasteiger partial charge in [0.15, 0.2) is 5.82 Å². The first-order valence-electron chi connectivity index (χ1n) is 10.1. The number of carbonyl (C=O) groups is 1. The minimum absolute atomic E-state index is 0.228. The van der Waals surface area contributed by atoms with E-state index in [9.17, 15) is 4.79 Å². The number of unbranched alkanes of at least 4 members (excludes halogenated alkanes) is 2. The number of amides is 1. The fourth-order valence-corrected chi connectivity index (χ4v) is 4.75. The van der Waals surface area contributed by atoms with Gasteiger partial charge in [-0.15, -0.1) is 5.10 Å². The lowest BCUT2D eigenvalue weighted by atomic mass is 9.60. The van der Waals surface area contributed by atoms with Crippen LogP contribution in [0, 0.1) is 11.8 Å². The largest absolute Gasteiger partial charge is 0.369 e. The zero-order chi connectivity index (χ0) is 19.3. The van der Waals surface area contributed by atoms with Crippen molar-refractivity contribution < 1.29 is 4.79 Å². The second kappa shape index (κ2) is 8.51. The second-order valence-electron chi connectivity index (χ2n) is 7.44. The Kier molecular flexibility index (Phi) is 6.09. The van der Waals surface area contributed by atoms with E-state index >= 15 is 0 Å². The molecule has 1 amide bonds. The number of nitrogens with two attached hydrogens (primary N) is 1. The quantitative estimate of drug-likeness (QED) is 0.683. The van der Waals surface area contributed by atoms with Crippen molar-refractivity contribution in [1.82, 2.24) is 10.2 Å². The lowest BCUT2D eigenvalue weighted by Gasteiger charge is -2.62. The van der Waals surface area contributed by atoms with Gasteiger partial charge in [-0.05, 0) is 30.0 Å². The molecule has 2 aromatic rings. The second-order valence-corrected chi connectivity index (χ2v) is 7.44. The smallest absolute Gasteiger partial charge is 0.225 e. The molecule has 0 bridgehead atoms. The first kappa shape index (κ1) is 19.3. The number of hydrogen-bond acceptors (Lipinski definition) is 4. The first-order valence-corrected chi connectivity index (χ1v) is 10.1. The van der Waals surface area contributed by atoms with Gasteiger partial charge in [-0.1, -0.05) is 69.9 Å². The fourth-order valence-electron chi connectivity index (χ4n) is 4.75. The summed E-state index contributed by atoms with van der Waals surface area (Å²) in [5, 5.41) is 8.42. The van der Waals surface area contributed by atoms with Crippen molar-refractivity contribution in [2.24, 2.45) is 17.6 Å². The fraction of sp³-hybridized carbons (Fsp3) is 0.500. The molecule has 0 aliphatic carbocycles. The van der Waals surface area contributed by atoms with Gasteiger partial charge in [0.05, 0.1) is 11.5 Å². The van der Waals surface area contributed by atoms with E-state index in [-0.39, 0.29) is 11.8 Å². The monoisotopic (exact) mass is 366 g/mol. The molecule has 27 heavy (non-hydrogen) atoms. The molecule has 1 aliphatic heterocycles. The predicted molar refractivity (Wildman–Crippen MR) is 108 cm³/mol. The number of nitrogens with zero attached hydrogens (tertiary/aromatic N) is 3. The van der Waals surface area contributed by atoms with Crippen LogP contribution in [0.1, 0.15) is 51.5 Å². The highest BCUT2D eigenvalue weighted by Gasteiger charge is 2.61. The summed E-state index contributed by atoms with van der Waals surface area (Å²) < 4.78 is 0. The number of aromatic nitrogens is 2. The SMILES string of the molecule is CCCCCC(CC)C1(c2ccccc2)C(C(N)=O)CN1c1cccnn1. The Bertz CT molecular complexity index is 736. The van der Waals surface area contributed by atoms with E-state index in [1.165, 1.54) is 12.8 Å². The van der Waals surface area contributed by atoms with Gasteiger partial charge >= 0.3 is 0 Å². The topological polar surface area (TPSA) is 72.1 Å². The number of anilines is 1. The maximum atomic E-state index is 12.5. The van der Waals surface area contributed by atoms with Gasteiger partial charge in [0.25, 0.3) is 0 Å². The summed E-state index contributed by atoms with van der Waals surface area (Å²) >= 11 is 0. The lowest BCUT2D eigenvalue weighted by molar-refractivity contribution is -0.128. The summed E-state index contributed by atoms with van der Waals surface area (Å²) in [5.41, 5.74) is 6.59. The van der Waals surface area contributed by atoms with Crippen molar-refractivity contribution in [2.75, 3.05) is 11.4 Å². The molecule has 0 spiro atoms. The molecule has 1 fully saturated rings. The Balaban J connectivity index is 2.10. The van der Waals surface area contributed by atoms with Gasteiger partial charge in [-0.3, -0.25) is 4.79 Å². The van der Waals surface area contributed by atoms with Crippen molar-refractivity contribution in [3.8, 4) is 0 Å². The van der Waals surface area contributed by atoms with Gasteiger partial charge in [0.1, 0.15) is 0 Å². The predicted octanol–water partition coefficient (Wildman–Crippen LogP) is 3.90. The standard InChI is InChI=1S/C22H30N4O/c1-3-5-7-11-17(4-2)22(18-12-8-6-9-13-18)19(21(23)27)16-26(22)20-14-10-15-24-25-20/h6,8-10,12-15,17,19H,3-5,7,11,16H2,1-2H3,(H2,23,27). The number of primary amides is 1. The molecule has 1 aromatic heterocycles. The molecular formula is C22H30N4O. The minimum atomic E-state index is -0.453. The van der Waals surface area contributed by atoms with E-state index in [1.807, 2.05) is 30.3 Å². The third kappa shape index (κ3) is 3.43. The Labute approximate surface area is 162 Å². The summed E-state index contributed by atoms with van der Waals surface area (Å²) in [7, 11) is 0. The Morgan fingerprint density at radius 2 is 2.00 bits per heavy atom. The summed E-state index contributed by atoms with van der Waals surface area (Å²) in [6.07, 6.45) is 7.27. The highest BCUT2D eigenvalue weighted by atomic mass is 16.1. The molecule has 144 valence electrons. The molecule has 0 radical (unpaired) electrons. The van der Waals surface area contributed by atoms with Crippen LogP contribution in [-0.2, 0) is 10.3 Å². The average Bonchev–Trinajstić information content (AvgIpc) is 2.68. The summed E-state index contributed by atoms with van der Waals surface area (Å²) in [6.45, 7) is 5.02. The van der Waals surface area contributed by atoms with E-state index in [4.69, 9.17) is 5.73 Å². The van der Waals surface area contributed by atoms with Crippen LogP contribution in [0.15, 0.2) is 48.7 Å². The number of benzene rings is 1. The Morgan fingerprint density at radius 1 is 1.22 bits per heavy atom. The van der Waals surface area contributed by atoms with Crippen LogP contribution in [0.25, 0.3) is 0 Å². The number of hydrogen-bond donors (Lipinski definition) is 1. The zero-order valence-corrected chi connectivity index (χ0v) is 16.3. The molecule has 1 aliphatic rings. The maximum absolute atomic E-state index is 12.5. The maximum Gasteiger partial charge on any atom is 0.225 e. The van der Waals surface area contributed by atoms with Crippen molar-refractivity contribution >= 4 is 11.7 Å². The van der Waals surface area contributed by atoms with Crippen LogP contribution in [0.4, 0.5) is 5.82 Å². The molecule has 3 atom stereocenters. The Morgan fingerprint density at radius 3 is 2.59 bits per heavy atom. The van der Waals surface area contributed by atoms with Crippen LogP contribution in [0.2, 0.25) is 0 Å². The van der Waals surface area contributed by atoms with E-state index in [0.29, 0.717) is 12.5 Å². The first-order chi connectivity index (χ1) is 13.2. The minimum Gasteiger partial charge on any atom is -0.369 e. The van der Waals surface area contributed by atoms with Gasteiger partial charge in [-0.2, -0.15) is 5.10 Å². The molecule has 1 aromatic carbocycles. The van der Waals surface area contributed by atoms with Gasteiger partial charge < -0.3 is 10.6 Å². The van der Waals surface area contributed by atoms with E-state index < -0.39 is 5.54 Å². The number of carbonyl (C=O) groups excluding carboxylic acids is 1. The lowest BCUT2D eigenvalue weighted by Crippen LogP contribution is -2.72. The highest BCUT2D eigenvalue weighted by Crippen LogP contribution is 2.54. The van der Waals surface area contributed by atoms with Crippen LogP contribution < -0.4 is 10.6 Å². The summed E-state index contributed by atoms with van der Waals surface area (Å²) in [6, 6.07) is 14.2. The molecule has 0 saturated carbocycles. The molecule has 2 heterocycles. The van der Waals surface area contributed by atoms with Gasteiger partial charge in [0.2, 0.25) is 5.91 Å². The third-order valence-electron chi connectivity index (χ3n) is 6.03. The zero-order valence-electron chi connectivity index (χ0n) is 16.3. The van der Waals surface area contributed by atoms with Crippen LogP contribution in [0.5, 0.6) is 0 Å². The molecule has 2 N–H and O–H groups in total. The average molecular weight is 367 g/mol. The summed E-state index contributed by atoms with van der Waals surface area (Å²) in [5.74, 6) is 0.675. The highest BCUT2D eigenvalue weighted by molar-refractivity contribution is 5.83. The van der Waals surface area contributed by atoms with E-state index in [2.05, 4.69) is 41.1 Å². The third-order valence-corrected chi connectivity index (χ3v) is 6.03. The molecular weight excluding hydrogens is 336 g/mol. The molecule has 1 saturated heterocycles. The van der Waals surface area contributed by atoms with Gasteiger partial charge in [0, 0.05) is 12.7 Å². The molecule has 5 nitrogen and oxygen atoms in total. The summed E-state index contributed by atoms with van der Waals surface area (Å²) in [4.78, 5) is 14.7. The van der Waals surface area contributed by atoms with E-state index in [0.717, 1.165) is 30.6 Å². The number of rotatable bonds is 9. The van der Waals surface area contributed by atoms with E-state index in [1.54, 1.807) is 6.20 Å². The van der Waals surface area contributed by atoms with Crippen LogP contribution >= 0.6 is 0 Å². The Hall–Kier alpha value is -2.43. The molecule has 3 unspecified atom stereocenters. The van der Waals surface area contributed by atoms with Crippen LogP contribution in [-0.4, -0.2) is 22.6 Å². The van der Waals surface area contributed by atoms with Crippen molar-refractivity contribution in [3.63, 3.8) is 0 Å². The normalized spacial score (nSPS) is 22.9.